The SMILES string of the molecule is O=Cc1c(Cl)ccc2[nH]cnc12. The molecule has 1 heterocycles. The third-order valence-electron chi connectivity index (χ3n) is 1.70. The number of rotatable bonds is 1. The second kappa shape index (κ2) is 2.60. The molecule has 0 bridgehead atoms. The van der Waals surface area contributed by atoms with Crippen LogP contribution in [0.25, 0.3) is 11.0 Å². The summed E-state index contributed by atoms with van der Waals surface area (Å²) in [6.07, 6.45) is 2.25. The van der Waals surface area contributed by atoms with Crippen LogP contribution in [-0.2, 0) is 0 Å². The van der Waals surface area contributed by atoms with E-state index in [0.29, 0.717) is 22.4 Å². The van der Waals surface area contributed by atoms with Gasteiger partial charge in [0, 0.05) is 0 Å². The molecule has 0 unspecified atom stereocenters. The van der Waals surface area contributed by atoms with Gasteiger partial charge in [-0.25, -0.2) is 4.98 Å². The number of hydrogen-bond donors (Lipinski definition) is 1. The molecule has 12 heavy (non-hydrogen) atoms. The highest BCUT2D eigenvalue weighted by atomic mass is 35.5. The van der Waals surface area contributed by atoms with Crippen molar-refractivity contribution in [2.45, 2.75) is 0 Å². The largest absolute Gasteiger partial charge is 0.345 e. The molecular formula is C8H5ClN2O. The van der Waals surface area contributed by atoms with Crippen LogP contribution in [0.4, 0.5) is 0 Å². The van der Waals surface area contributed by atoms with E-state index < -0.39 is 0 Å². The Balaban J connectivity index is 2.91. The maximum atomic E-state index is 10.6. The molecular weight excluding hydrogens is 176 g/mol. The maximum Gasteiger partial charge on any atom is 0.153 e. The van der Waals surface area contributed by atoms with Crippen LogP contribution in [0.5, 0.6) is 0 Å². The van der Waals surface area contributed by atoms with Gasteiger partial charge in [0.15, 0.2) is 6.29 Å². The molecule has 0 radical (unpaired) electrons. The fourth-order valence-electron chi connectivity index (χ4n) is 1.12. The Labute approximate surface area is 73.4 Å². The van der Waals surface area contributed by atoms with Gasteiger partial charge in [-0.3, -0.25) is 4.79 Å². The Kier molecular flexibility index (Phi) is 1.59. The number of aldehydes is 1. The average Bonchev–Trinajstić information content (AvgIpc) is 2.52. The van der Waals surface area contributed by atoms with Gasteiger partial charge in [0.05, 0.1) is 22.4 Å². The summed E-state index contributed by atoms with van der Waals surface area (Å²) in [6.45, 7) is 0. The van der Waals surface area contributed by atoms with Crippen molar-refractivity contribution in [1.82, 2.24) is 9.97 Å². The van der Waals surface area contributed by atoms with Crippen LogP contribution in [0.2, 0.25) is 5.02 Å². The number of carbonyl (C=O) groups excluding carboxylic acids is 1. The molecule has 0 fully saturated rings. The molecule has 60 valence electrons. The van der Waals surface area contributed by atoms with Gasteiger partial charge >= 0.3 is 0 Å². The van der Waals surface area contributed by atoms with Gasteiger partial charge in [0.1, 0.15) is 5.52 Å². The molecule has 2 aromatic rings. The monoisotopic (exact) mass is 180 g/mol. The van der Waals surface area contributed by atoms with Crippen LogP contribution in [0, 0.1) is 0 Å². The lowest BCUT2D eigenvalue weighted by Crippen LogP contribution is -1.84. The Bertz CT molecular complexity index is 436. The summed E-state index contributed by atoms with van der Waals surface area (Å²) in [6, 6.07) is 3.46. The zero-order valence-electron chi connectivity index (χ0n) is 6.04. The molecule has 4 heteroatoms. The number of halogens is 1. The van der Waals surface area contributed by atoms with E-state index in [4.69, 9.17) is 11.6 Å². The van der Waals surface area contributed by atoms with Crippen LogP contribution in [0.15, 0.2) is 18.5 Å². The fourth-order valence-corrected chi connectivity index (χ4v) is 1.31. The summed E-state index contributed by atoms with van der Waals surface area (Å²) in [5.41, 5.74) is 1.88. The minimum atomic E-state index is 0.435. The summed E-state index contributed by atoms with van der Waals surface area (Å²) < 4.78 is 0. The van der Waals surface area contributed by atoms with Gasteiger partial charge in [-0.2, -0.15) is 0 Å². The van der Waals surface area contributed by atoms with Gasteiger partial charge in [-0.1, -0.05) is 11.6 Å². The molecule has 1 N–H and O–H groups in total. The standard InChI is InChI=1S/C8H5ClN2O/c9-6-1-2-7-8(5(6)3-12)11-4-10-7/h1-4H,(H,10,11). The third kappa shape index (κ3) is 0.905. The van der Waals surface area contributed by atoms with E-state index in [1.807, 2.05) is 0 Å². The third-order valence-corrected chi connectivity index (χ3v) is 2.03. The molecule has 1 aromatic carbocycles. The number of carbonyl (C=O) groups is 1. The fraction of sp³-hybridized carbons (Fsp3) is 0. The number of nitrogens with one attached hydrogen (secondary N) is 1. The van der Waals surface area contributed by atoms with Crippen molar-refractivity contribution < 1.29 is 4.79 Å². The number of aromatic nitrogens is 2. The second-order valence-corrected chi connectivity index (χ2v) is 2.78. The van der Waals surface area contributed by atoms with Gasteiger partial charge in [0.2, 0.25) is 0 Å². The highest BCUT2D eigenvalue weighted by molar-refractivity contribution is 6.34. The van der Waals surface area contributed by atoms with Crippen molar-refractivity contribution in [1.29, 1.82) is 0 Å². The van der Waals surface area contributed by atoms with Gasteiger partial charge < -0.3 is 4.98 Å². The van der Waals surface area contributed by atoms with Gasteiger partial charge in [-0.05, 0) is 12.1 Å². The normalized spacial score (nSPS) is 10.4. The number of imidazole rings is 1. The first-order valence-electron chi connectivity index (χ1n) is 3.39. The minimum Gasteiger partial charge on any atom is -0.345 e. The molecule has 0 aliphatic heterocycles. The number of benzene rings is 1. The van der Waals surface area contributed by atoms with E-state index in [-0.39, 0.29) is 0 Å². The molecule has 0 aliphatic rings. The van der Waals surface area contributed by atoms with E-state index in [1.54, 1.807) is 12.1 Å². The molecule has 0 aliphatic carbocycles. The van der Waals surface area contributed by atoms with Crippen LogP contribution in [0.1, 0.15) is 10.4 Å². The zero-order valence-corrected chi connectivity index (χ0v) is 6.80. The summed E-state index contributed by atoms with van der Waals surface area (Å²) in [5.74, 6) is 0. The first kappa shape index (κ1) is 7.31. The summed E-state index contributed by atoms with van der Waals surface area (Å²) >= 11 is 5.78. The molecule has 0 spiro atoms. The molecule has 0 saturated heterocycles. The Morgan fingerprint density at radius 3 is 3.08 bits per heavy atom. The Hall–Kier alpha value is -1.35. The number of nitrogens with zero attached hydrogens (tertiary/aromatic N) is 1. The van der Waals surface area contributed by atoms with Crippen molar-refractivity contribution in [2.24, 2.45) is 0 Å². The zero-order chi connectivity index (χ0) is 8.55. The summed E-state index contributed by atoms with van der Waals surface area (Å²) in [7, 11) is 0. The predicted octanol–water partition coefficient (Wildman–Crippen LogP) is 2.03. The van der Waals surface area contributed by atoms with E-state index >= 15 is 0 Å². The molecule has 2 rings (SSSR count). The van der Waals surface area contributed by atoms with Crippen molar-refractivity contribution in [2.75, 3.05) is 0 Å². The lowest BCUT2D eigenvalue weighted by atomic mass is 10.2. The van der Waals surface area contributed by atoms with Gasteiger partial charge in [-0.15, -0.1) is 0 Å². The maximum absolute atomic E-state index is 10.6. The Morgan fingerprint density at radius 1 is 1.50 bits per heavy atom. The minimum absolute atomic E-state index is 0.435. The number of H-pyrrole nitrogens is 1. The van der Waals surface area contributed by atoms with Crippen LogP contribution >= 0.6 is 11.6 Å². The van der Waals surface area contributed by atoms with Crippen molar-refractivity contribution in [3.63, 3.8) is 0 Å². The molecule has 0 amide bonds. The summed E-state index contributed by atoms with van der Waals surface area (Å²) in [5, 5.41) is 0.435. The predicted molar refractivity (Wildman–Crippen MR) is 46.5 cm³/mol. The average molecular weight is 181 g/mol. The lowest BCUT2D eigenvalue weighted by Gasteiger charge is -1.95. The smallest absolute Gasteiger partial charge is 0.153 e. The molecule has 0 saturated carbocycles. The highest BCUT2D eigenvalue weighted by Crippen LogP contribution is 2.21. The number of aromatic amines is 1. The first-order chi connectivity index (χ1) is 5.83. The molecule has 1 aromatic heterocycles. The first-order valence-corrected chi connectivity index (χ1v) is 3.77. The second-order valence-electron chi connectivity index (χ2n) is 2.38. The highest BCUT2D eigenvalue weighted by Gasteiger charge is 2.06. The van der Waals surface area contributed by atoms with Crippen molar-refractivity contribution >= 4 is 28.9 Å². The number of fused-ring (bicyclic) bond motifs is 1. The molecule has 0 atom stereocenters. The Morgan fingerprint density at radius 2 is 2.33 bits per heavy atom. The van der Waals surface area contributed by atoms with E-state index in [2.05, 4.69) is 9.97 Å². The lowest BCUT2D eigenvalue weighted by molar-refractivity contribution is 0.112. The van der Waals surface area contributed by atoms with E-state index in [9.17, 15) is 4.79 Å². The topological polar surface area (TPSA) is 45.8 Å². The van der Waals surface area contributed by atoms with Crippen molar-refractivity contribution in [3.8, 4) is 0 Å². The van der Waals surface area contributed by atoms with Crippen LogP contribution in [-0.4, -0.2) is 16.3 Å². The van der Waals surface area contributed by atoms with Gasteiger partial charge in [0.25, 0.3) is 0 Å². The summed E-state index contributed by atoms with van der Waals surface area (Å²) in [4.78, 5) is 17.5. The van der Waals surface area contributed by atoms with Crippen LogP contribution < -0.4 is 0 Å². The van der Waals surface area contributed by atoms with Crippen molar-refractivity contribution in [3.05, 3.63) is 29.0 Å². The molecule has 3 nitrogen and oxygen atoms in total. The quantitative estimate of drug-likeness (QED) is 0.683. The van der Waals surface area contributed by atoms with E-state index in [1.165, 1.54) is 6.33 Å². The van der Waals surface area contributed by atoms with Crippen LogP contribution in [0.3, 0.4) is 0 Å². The van der Waals surface area contributed by atoms with E-state index in [0.717, 1.165) is 5.52 Å². The number of hydrogen-bond acceptors (Lipinski definition) is 2.